The molecule has 0 amide bonds. The molecule has 0 bridgehead atoms. The van der Waals surface area contributed by atoms with Crippen LogP contribution in [0.1, 0.15) is 24.0 Å². The zero-order valence-electron chi connectivity index (χ0n) is 16.0. The highest BCUT2D eigenvalue weighted by Gasteiger charge is 2.25. The summed E-state index contributed by atoms with van der Waals surface area (Å²) < 4.78 is 63.2. The quantitative estimate of drug-likeness (QED) is 0.296. The number of hydrogen-bond donors (Lipinski definition) is 2. The van der Waals surface area contributed by atoms with Crippen molar-refractivity contribution in [3.05, 3.63) is 82.3 Å². The standard InChI is InChI=1S/C22H17F4NO3/c1-11(22(28)29)9-16-18(23)20(25)17(21(26)19(16)24)13-4-6-14(7-5-13)27-10-15-8-3-12(2)30-15/h3-9,27H,10H2,1-2H3,(H,28,29). The Hall–Kier alpha value is -3.55. The number of anilines is 1. The van der Waals surface area contributed by atoms with Crippen LogP contribution in [0.3, 0.4) is 0 Å². The SMILES string of the molecule is CC(=Cc1c(F)c(F)c(-c2ccc(NCc3ccc(C)o3)cc2)c(F)c1F)C(=O)O. The summed E-state index contributed by atoms with van der Waals surface area (Å²) in [7, 11) is 0. The Kier molecular flexibility index (Phi) is 5.96. The van der Waals surface area contributed by atoms with E-state index in [2.05, 4.69) is 5.32 Å². The van der Waals surface area contributed by atoms with Crippen molar-refractivity contribution in [2.45, 2.75) is 20.4 Å². The van der Waals surface area contributed by atoms with Crippen LogP contribution in [0, 0.1) is 30.2 Å². The molecule has 0 aliphatic rings. The molecule has 0 saturated heterocycles. The molecule has 1 aromatic heterocycles. The predicted octanol–water partition coefficient (Wildman–Crippen LogP) is 5.91. The third-order valence-electron chi connectivity index (χ3n) is 4.43. The van der Waals surface area contributed by atoms with Gasteiger partial charge in [-0.3, -0.25) is 0 Å². The first-order valence-electron chi connectivity index (χ1n) is 8.86. The van der Waals surface area contributed by atoms with Crippen LogP contribution in [0.15, 0.2) is 46.4 Å². The van der Waals surface area contributed by atoms with Gasteiger partial charge in [-0.15, -0.1) is 0 Å². The fourth-order valence-corrected chi connectivity index (χ4v) is 2.83. The summed E-state index contributed by atoms with van der Waals surface area (Å²) in [5, 5.41) is 11.9. The van der Waals surface area contributed by atoms with E-state index >= 15 is 0 Å². The van der Waals surface area contributed by atoms with Crippen LogP contribution in [-0.2, 0) is 11.3 Å². The number of hydrogen-bond acceptors (Lipinski definition) is 3. The molecule has 0 radical (unpaired) electrons. The summed E-state index contributed by atoms with van der Waals surface area (Å²) in [4.78, 5) is 10.8. The molecule has 0 aliphatic heterocycles. The van der Waals surface area contributed by atoms with Crippen molar-refractivity contribution in [2.24, 2.45) is 0 Å². The Morgan fingerprint density at radius 2 is 1.60 bits per heavy atom. The molecule has 0 aliphatic carbocycles. The second-order valence-electron chi connectivity index (χ2n) is 6.62. The van der Waals surface area contributed by atoms with Gasteiger partial charge in [0.05, 0.1) is 17.7 Å². The molecule has 4 nitrogen and oxygen atoms in total. The highest BCUT2D eigenvalue weighted by atomic mass is 19.2. The third kappa shape index (κ3) is 4.22. The number of carbonyl (C=O) groups is 1. The van der Waals surface area contributed by atoms with Gasteiger partial charge in [0.2, 0.25) is 0 Å². The first-order chi connectivity index (χ1) is 14.2. The molecule has 0 unspecified atom stereocenters. The van der Waals surface area contributed by atoms with E-state index in [9.17, 15) is 22.4 Å². The minimum Gasteiger partial charge on any atom is -0.478 e. The molecule has 2 aromatic carbocycles. The van der Waals surface area contributed by atoms with Gasteiger partial charge < -0.3 is 14.8 Å². The van der Waals surface area contributed by atoms with E-state index < -0.39 is 45.9 Å². The predicted molar refractivity (Wildman–Crippen MR) is 104 cm³/mol. The van der Waals surface area contributed by atoms with Crippen molar-refractivity contribution in [3.63, 3.8) is 0 Å². The zero-order chi connectivity index (χ0) is 22.0. The number of aliphatic carboxylic acids is 1. The Labute approximate surface area is 169 Å². The fourth-order valence-electron chi connectivity index (χ4n) is 2.83. The first kappa shape index (κ1) is 21.2. The molecule has 3 aromatic rings. The number of benzene rings is 2. The zero-order valence-corrected chi connectivity index (χ0v) is 16.0. The molecule has 1 heterocycles. The lowest BCUT2D eigenvalue weighted by atomic mass is 9.99. The maximum absolute atomic E-state index is 14.5. The smallest absolute Gasteiger partial charge is 0.331 e. The van der Waals surface area contributed by atoms with Crippen molar-refractivity contribution in [3.8, 4) is 11.1 Å². The van der Waals surface area contributed by atoms with Gasteiger partial charge in [-0.1, -0.05) is 12.1 Å². The van der Waals surface area contributed by atoms with Crippen molar-refractivity contribution < 1.29 is 31.9 Å². The number of carboxylic acids is 1. The summed E-state index contributed by atoms with van der Waals surface area (Å²) >= 11 is 0. The van der Waals surface area contributed by atoms with Crippen molar-refractivity contribution in [1.82, 2.24) is 0 Å². The Balaban J connectivity index is 1.92. The maximum atomic E-state index is 14.5. The van der Waals surface area contributed by atoms with Crippen LogP contribution in [-0.4, -0.2) is 11.1 Å². The van der Waals surface area contributed by atoms with Crippen molar-refractivity contribution >= 4 is 17.7 Å². The summed E-state index contributed by atoms with van der Waals surface area (Å²) in [6.07, 6.45) is 0.548. The molecule has 0 saturated carbocycles. The number of rotatable bonds is 6. The van der Waals surface area contributed by atoms with E-state index in [0.717, 1.165) is 12.7 Å². The van der Waals surface area contributed by atoms with Crippen LogP contribution in [0.2, 0.25) is 0 Å². The molecule has 30 heavy (non-hydrogen) atoms. The minimum absolute atomic E-state index is 0.0762. The van der Waals surface area contributed by atoms with Crippen LogP contribution in [0.4, 0.5) is 23.2 Å². The lowest BCUT2D eigenvalue weighted by Crippen LogP contribution is -2.05. The first-order valence-corrected chi connectivity index (χ1v) is 8.86. The molecule has 3 rings (SSSR count). The maximum Gasteiger partial charge on any atom is 0.331 e. The van der Waals surface area contributed by atoms with E-state index in [1.165, 1.54) is 24.3 Å². The van der Waals surface area contributed by atoms with Gasteiger partial charge in [0.25, 0.3) is 0 Å². The molecule has 0 atom stereocenters. The fraction of sp³-hybridized carbons (Fsp3) is 0.136. The molecule has 2 N–H and O–H groups in total. The normalized spacial score (nSPS) is 11.6. The van der Waals surface area contributed by atoms with Crippen LogP contribution in [0.5, 0.6) is 0 Å². The highest BCUT2D eigenvalue weighted by Crippen LogP contribution is 2.33. The van der Waals surface area contributed by atoms with E-state index in [1.54, 1.807) is 6.07 Å². The lowest BCUT2D eigenvalue weighted by molar-refractivity contribution is -0.132. The molecular formula is C22H17F4NO3. The monoisotopic (exact) mass is 419 g/mol. The van der Waals surface area contributed by atoms with E-state index in [1.807, 2.05) is 13.0 Å². The largest absolute Gasteiger partial charge is 0.478 e. The van der Waals surface area contributed by atoms with Gasteiger partial charge in [-0.25, -0.2) is 22.4 Å². The van der Waals surface area contributed by atoms with Crippen LogP contribution < -0.4 is 5.32 Å². The Bertz CT molecular complexity index is 1110. The van der Waals surface area contributed by atoms with Gasteiger partial charge in [-0.05, 0) is 49.8 Å². The second kappa shape index (κ2) is 8.44. The molecule has 8 heteroatoms. The number of nitrogens with one attached hydrogen (secondary N) is 1. The summed E-state index contributed by atoms with van der Waals surface area (Å²) in [5.41, 5.74) is -1.90. The van der Waals surface area contributed by atoms with E-state index in [4.69, 9.17) is 9.52 Å². The second-order valence-corrected chi connectivity index (χ2v) is 6.62. The van der Waals surface area contributed by atoms with Crippen molar-refractivity contribution in [2.75, 3.05) is 5.32 Å². The average molecular weight is 419 g/mol. The van der Waals surface area contributed by atoms with Gasteiger partial charge in [0, 0.05) is 11.3 Å². The Morgan fingerprint density at radius 1 is 1.00 bits per heavy atom. The van der Waals surface area contributed by atoms with Crippen molar-refractivity contribution in [1.29, 1.82) is 0 Å². The van der Waals surface area contributed by atoms with Gasteiger partial charge in [0.15, 0.2) is 23.3 Å². The topological polar surface area (TPSA) is 62.5 Å². The third-order valence-corrected chi connectivity index (χ3v) is 4.43. The van der Waals surface area contributed by atoms with Crippen LogP contribution >= 0.6 is 0 Å². The number of halogens is 4. The molecular weight excluding hydrogens is 402 g/mol. The molecule has 0 fully saturated rings. The summed E-state index contributed by atoms with van der Waals surface area (Å²) in [6.45, 7) is 3.24. The van der Waals surface area contributed by atoms with E-state index in [0.29, 0.717) is 24.1 Å². The number of aryl methyl sites for hydroxylation is 1. The number of carboxylic acid groups (broad SMARTS) is 1. The molecule has 0 spiro atoms. The highest BCUT2D eigenvalue weighted by molar-refractivity contribution is 5.91. The van der Waals surface area contributed by atoms with Gasteiger partial charge in [0.1, 0.15) is 11.5 Å². The van der Waals surface area contributed by atoms with E-state index in [-0.39, 0.29) is 5.56 Å². The minimum atomic E-state index is -1.67. The van der Waals surface area contributed by atoms with Gasteiger partial charge >= 0.3 is 5.97 Å². The lowest BCUT2D eigenvalue weighted by Gasteiger charge is -2.12. The Morgan fingerprint density at radius 3 is 2.10 bits per heavy atom. The molecule has 156 valence electrons. The summed E-state index contributed by atoms with van der Waals surface area (Å²) in [5.74, 6) is -6.56. The van der Waals surface area contributed by atoms with Crippen LogP contribution in [0.25, 0.3) is 17.2 Å². The van der Waals surface area contributed by atoms with Gasteiger partial charge in [-0.2, -0.15) is 0 Å². The average Bonchev–Trinajstić information content (AvgIpc) is 3.14. The number of furan rings is 1. The summed E-state index contributed by atoms with van der Waals surface area (Å²) in [6, 6.07) is 9.24.